The summed E-state index contributed by atoms with van der Waals surface area (Å²) in [4.78, 5) is 11.0. The third-order valence-corrected chi connectivity index (χ3v) is 1.77. The number of hydrogen-bond acceptors (Lipinski definition) is 3. The van der Waals surface area contributed by atoms with Crippen molar-refractivity contribution in [2.24, 2.45) is 0 Å². The summed E-state index contributed by atoms with van der Waals surface area (Å²) in [6.07, 6.45) is 1.06. The molecule has 0 radical (unpaired) electrons. The number of benzene rings is 1. The Morgan fingerprint density at radius 1 is 1.41 bits per heavy atom. The van der Waals surface area contributed by atoms with Crippen molar-refractivity contribution < 1.29 is 23.0 Å². The van der Waals surface area contributed by atoms with Gasteiger partial charge in [0.15, 0.2) is 11.6 Å². The van der Waals surface area contributed by atoms with Crippen LogP contribution in [-0.2, 0) is 9.53 Å². The summed E-state index contributed by atoms with van der Waals surface area (Å²) in [5, 5.41) is 0. The summed E-state index contributed by atoms with van der Waals surface area (Å²) in [5.74, 6) is -2.08. The molecule has 0 aliphatic rings. The van der Waals surface area contributed by atoms with Crippen LogP contribution in [0.4, 0.5) is 8.78 Å². The number of rotatable bonds is 4. The van der Waals surface area contributed by atoms with Crippen molar-refractivity contribution in [3.8, 4) is 5.75 Å². The van der Waals surface area contributed by atoms with E-state index < -0.39 is 17.6 Å². The molecule has 5 heteroatoms. The molecule has 1 aromatic rings. The Kier molecular flexibility index (Phi) is 4.63. The van der Waals surface area contributed by atoms with Gasteiger partial charge >= 0.3 is 5.97 Å². The Morgan fingerprint density at radius 2 is 2.12 bits per heavy atom. The molecule has 1 rings (SSSR count). The highest BCUT2D eigenvalue weighted by Crippen LogP contribution is 2.20. The van der Waals surface area contributed by atoms with Gasteiger partial charge in [0.05, 0.1) is 12.7 Å². The predicted octanol–water partition coefficient (Wildman–Crippen LogP) is 2.81. The molecule has 0 saturated heterocycles. The first-order chi connectivity index (χ1) is 8.02. The maximum atomic E-state index is 13.2. The first-order valence-electron chi connectivity index (χ1n) is 5.01. The molecule has 0 amide bonds. The minimum Gasteiger partial charge on any atom is -0.463 e. The number of hydrogen-bond donors (Lipinski definition) is 0. The van der Waals surface area contributed by atoms with Gasteiger partial charge in [0.1, 0.15) is 11.6 Å². The molecule has 0 aromatic heterocycles. The Labute approximate surface area is 97.7 Å². The zero-order valence-corrected chi connectivity index (χ0v) is 9.50. The van der Waals surface area contributed by atoms with E-state index in [1.54, 1.807) is 6.92 Å². The first kappa shape index (κ1) is 13.2. The fraction of sp³-hybridized carbons (Fsp3) is 0.250. The van der Waals surface area contributed by atoms with Gasteiger partial charge in [-0.1, -0.05) is 0 Å². The summed E-state index contributed by atoms with van der Waals surface area (Å²) in [6.45, 7) is 3.34. The molecule has 0 unspecified atom stereocenters. The number of carbonyl (C=O) groups excluding carboxylic acids is 1. The van der Waals surface area contributed by atoms with E-state index in [-0.39, 0.29) is 18.1 Å². The number of halogens is 2. The standard InChI is InChI=1S/C12H12F2O3/c1-3-16-12(15)6-8(2)17-11-7-9(13)4-5-10(11)14/h4-7H,3H2,1-2H3/b8-6-. The zero-order chi connectivity index (χ0) is 12.8. The summed E-state index contributed by atoms with van der Waals surface area (Å²) >= 11 is 0. The van der Waals surface area contributed by atoms with E-state index in [2.05, 4.69) is 4.74 Å². The molecule has 0 bridgehead atoms. The van der Waals surface area contributed by atoms with E-state index in [1.807, 2.05) is 0 Å². The van der Waals surface area contributed by atoms with Gasteiger partial charge in [-0.25, -0.2) is 13.6 Å². The highest BCUT2D eigenvalue weighted by Gasteiger charge is 2.07. The molecule has 0 aliphatic heterocycles. The van der Waals surface area contributed by atoms with Gasteiger partial charge in [-0.05, 0) is 26.0 Å². The molecule has 3 nitrogen and oxygen atoms in total. The quantitative estimate of drug-likeness (QED) is 0.462. The fourth-order valence-corrected chi connectivity index (χ4v) is 1.11. The van der Waals surface area contributed by atoms with E-state index in [0.29, 0.717) is 0 Å². The smallest absolute Gasteiger partial charge is 0.334 e. The van der Waals surface area contributed by atoms with Crippen LogP contribution in [-0.4, -0.2) is 12.6 Å². The number of carbonyl (C=O) groups is 1. The lowest BCUT2D eigenvalue weighted by atomic mass is 10.3. The average molecular weight is 242 g/mol. The van der Waals surface area contributed by atoms with Crippen LogP contribution in [0.3, 0.4) is 0 Å². The molecular formula is C12H12F2O3. The van der Waals surface area contributed by atoms with Crippen molar-refractivity contribution in [1.29, 1.82) is 0 Å². The van der Waals surface area contributed by atoms with Crippen molar-refractivity contribution in [3.05, 3.63) is 41.7 Å². The molecule has 0 aliphatic carbocycles. The first-order valence-corrected chi connectivity index (χ1v) is 5.01. The van der Waals surface area contributed by atoms with Gasteiger partial charge in [0.2, 0.25) is 0 Å². The average Bonchev–Trinajstić information content (AvgIpc) is 2.23. The molecule has 92 valence electrons. The molecule has 0 spiro atoms. The van der Waals surface area contributed by atoms with Crippen molar-refractivity contribution in [3.63, 3.8) is 0 Å². The van der Waals surface area contributed by atoms with E-state index in [1.165, 1.54) is 6.92 Å². The largest absolute Gasteiger partial charge is 0.463 e. The van der Waals surface area contributed by atoms with Crippen molar-refractivity contribution in [2.45, 2.75) is 13.8 Å². The molecule has 0 atom stereocenters. The minimum absolute atomic E-state index is 0.118. The van der Waals surface area contributed by atoms with E-state index >= 15 is 0 Å². The lowest BCUT2D eigenvalue weighted by Gasteiger charge is -2.06. The number of ether oxygens (including phenoxy) is 2. The van der Waals surface area contributed by atoms with E-state index in [4.69, 9.17) is 4.74 Å². The van der Waals surface area contributed by atoms with E-state index in [9.17, 15) is 13.6 Å². The minimum atomic E-state index is -0.706. The maximum Gasteiger partial charge on any atom is 0.334 e. The Morgan fingerprint density at radius 3 is 2.76 bits per heavy atom. The zero-order valence-electron chi connectivity index (χ0n) is 9.50. The van der Waals surface area contributed by atoms with Crippen LogP contribution in [0.1, 0.15) is 13.8 Å². The van der Waals surface area contributed by atoms with Crippen LogP contribution < -0.4 is 4.74 Å². The normalized spacial score (nSPS) is 11.2. The van der Waals surface area contributed by atoms with Crippen LogP contribution in [0.25, 0.3) is 0 Å². The van der Waals surface area contributed by atoms with E-state index in [0.717, 1.165) is 24.3 Å². The molecule has 0 fully saturated rings. The second-order valence-corrected chi connectivity index (χ2v) is 3.18. The van der Waals surface area contributed by atoms with Crippen LogP contribution in [0.5, 0.6) is 5.75 Å². The van der Waals surface area contributed by atoms with Crippen molar-refractivity contribution in [1.82, 2.24) is 0 Å². The molecule has 17 heavy (non-hydrogen) atoms. The second-order valence-electron chi connectivity index (χ2n) is 3.18. The topological polar surface area (TPSA) is 35.5 Å². The second kappa shape index (κ2) is 5.98. The summed E-state index contributed by atoms with van der Waals surface area (Å²) in [6, 6.07) is 2.83. The van der Waals surface area contributed by atoms with Crippen molar-refractivity contribution >= 4 is 5.97 Å². The van der Waals surface area contributed by atoms with Crippen LogP contribution in [0, 0.1) is 11.6 Å². The third kappa shape index (κ3) is 4.22. The van der Waals surface area contributed by atoms with Gasteiger partial charge in [-0.3, -0.25) is 0 Å². The summed E-state index contributed by atoms with van der Waals surface area (Å²) < 4.78 is 35.6. The lowest BCUT2D eigenvalue weighted by Crippen LogP contribution is -2.03. The van der Waals surface area contributed by atoms with Crippen LogP contribution >= 0.6 is 0 Å². The Balaban J connectivity index is 2.77. The van der Waals surface area contributed by atoms with Gasteiger partial charge in [0, 0.05) is 6.07 Å². The highest BCUT2D eigenvalue weighted by molar-refractivity contribution is 5.82. The number of esters is 1. The van der Waals surface area contributed by atoms with Gasteiger partial charge < -0.3 is 9.47 Å². The fourth-order valence-electron chi connectivity index (χ4n) is 1.11. The highest BCUT2D eigenvalue weighted by atomic mass is 19.1. The summed E-state index contributed by atoms with van der Waals surface area (Å²) in [7, 11) is 0. The summed E-state index contributed by atoms with van der Waals surface area (Å²) in [5.41, 5.74) is 0. The maximum absolute atomic E-state index is 13.2. The van der Waals surface area contributed by atoms with Gasteiger partial charge in [-0.15, -0.1) is 0 Å². The molecule has 1 aromatic carbocycles. The molecular weight excluding hydrogens is 230 g/mol. The SMILES string of the molecule is CCOC(=O)/C=C(/C)Oc1cc(F)ccc1F. The Hall–Kier alpha value is -1.91. The van der Waals surface area contributed by atoms with Gasteiger partial charge in [0.25, 0.3) is 0 Å². The van der Waals surface area contributed by atoms with Crippen molar-refractivity contribution in [2.75, 3.05) is 6.61 Å². The van der Waals surface area contributed by atoms with Crippen LogP contribution in [0.2, 0.25) is 0 Å². The Bertz CT molecular complexity index is 441. The monoisotopic (exact) mass is 242 g/mol. The molecule has 0 saturated carbocycles. The predicted molar refractivity (Wildman–Crippen MR) is 57.4 cm³/mol. The molecule has 0 heterocycles. The molecule has 0 N–H and O–H groups in total. The number of allylic oxidation sites excluding steroid dienone is 1. The van der Waals surface area contributed by atoms with Gasteiger partial charge in [-0.2, -0.15) is 0 Å². The lowest BCUT2D eigenvalue weighted by molar-refractivity contribution is -0.137. The third-order valence-electron chi connectivity index (χ3n) is 1.77. The van der Waals surface area contributed by atoms with Crippen LogP contribution in [0.15, 0.2) is 30.0 Å².